The first kappa shape index (κ1) is 19.6. The summed E-state index contributed by atoms with van der Waals surface area (Å²) in [6, 6.07) is 2.02. The smallest absolute Gasteiger partial charge is 0.222 e. The van der Waals surface area contributed by atoms with E-state index in [2.05, 4.69) is 14.4 Å². The number of rotatable bonds is 5. The van der Waals surface area contributed by atoms with Crippen LogP contribution in [0.3, 0.4) is 0 Å². The third-order valence-electron chi connectivity index (χ3n) is 7.01. The number of carbonyl (C=O) groups excluding carboxylic acids is 2. The van der Waals surface area contributed by atoms with E-state index in [1.807, 2.05) is 19.3 Å². The van der Waals surface area contributed by atoms with Crippen LogP contribution in [0.25, 0.3) is 0 Å². The molecular weight excluding hydrogens is 354 g/mol. The molecule has 0 saturated carbocycles. The Kier molecular flexibility index (Phi) is 5.61. The second kappa shape index (κ2) is 7.99. The first-order valence-corrected chi connectivity index (χ1v) is 10.7. The molecule has 3 aliphatic heterocycles. The Bertz CT molecular complexity index is 727. The Morgan fingerprint density at radius 1 is 1.29 bits per heavy atom. The van der Waals surface area contributed by atoms with E-state index in [1.165, 1.54) is 5.69 Å². The van der Waals surface area contributed by atoms with Crippen molar-refractivity contribution >= 4 is 11.7 Å². The van der Waals surface area contributed by atoms with Gasteiger partial charge in [0.05, 0.1) is 6.10 Å². The molecule has 3 aliphatic rings. The summed E-state index contributed by atoms with van der Waals surface area (Å²) in [5.74, 6) is 0.432. The highest BCUT2D eigenvalue weighted by Crippen LogP contribution is 2.40. The normalized spacial score (nSPS) is 25.6. The van der Waals surface area contributed by atoms with E-state index >= 15 is 0 Å². The molecule has 3 fully saturated rings. The van der Waals surface area contributed by atoms with Gasteiger partial charge in [0.25, 0.3) is 0 Å². The van der Waals surface area contributed by atoms with Crippen LogP contribution in [-0.4, -0.2) is 64.9 Å². The molecule has 6 heteroatoms. The third kappa shape index (κ3) is 4.18. The molecule has 154 valence electrons. The summed E-state index contributed by atoms with van der Waals surface area (Å²) in [7, 11) is 2.02. The molecule has 1 atom stereocenters. The molecule has 0 radical (unpaired) electrons. The van der Waals surface area contributed by atoms with Crippen LogP contribution in [0.2, 0.25) is 0 Å². The Morgan fingerprint density at radius 3 is 2.71 bits per heavy atom. The summed E-state index contributed by atoms with van der Waals surface area (Å²) < 4.78 is 7.84. The summed E-state index contributed by atoms with van der Waals surface area (Å²) >= 11 is 0. The van der Waals surface area contributed by atoms with Gasteiger partial charge in [0.2, 0.25) is 5.91 Å². The maximum Gasteiger partial charge on any atom is 0.222 e. The van der Waals surface area contributed by atoms with Gasteiger partial charge in [0, 0.05) is 57.2 Å². The molecular formula is C22H33N3O3. The van der Waals surface area contributed by atoms with Gasteiger partial charge in [-0.3, -0.25) is 14.5 Å². The minimum atomic E-state index is 0.123. The van der Waals surface area contributed by atoms with Crippen molar-refractivity contribution in [3.63, 3.8) is 0 Å². The van der Waals surface area contributed by atoms with Crippen molar-refractivity contribution in [3.8, 4) is 0 Å². The lowest BCUT2D eigenvalue weighted by molar-refractivity contribution is -0.141. The second-order valence-corrected chi connectivity index (χ2v) is 9.07. The van der Waals surface area contributed by atoms with E-state index in [-0.39, 0.29) is 17.3 Å². The van der Waals surface area contributed by atoms with E-state index in [1.54, 1.807) is 6.92 Å². The largest absolute Gasteiger partial charge is 0.376 e. The number of aryl methyl sites for hydroxylation is 1. The van der Waals surface area contributed by atoms with Gasteiger partial charge < -0.3 is 14.2 Å². The lowest BCUT2D eigenvalue weighted by atomic mass is 9.72. The van der Waals surface area contributed by atoms with Crippen LogP contribution < -0.4 is 0 Å². The quantitative estimate of drug-likeness (QED) is 0.729. The summed E-state index contributed by atoms with van der Waals surface area (Å²) in [4.78, 5) is 28.6. The average molecular weight is 388 g/mol. The number of likely N-dealkylation sites (tertiary alicyclic amines) is 2. The molecule has 0 aromatic carbocycles. The third-order valence-corrected chi connectivity index (χ3v) is 7.01. The Balaban J connectivity index is 1.33. The lowest BCUT2D eigenvalue weighted by Gasteiger charge is -2.47. The van der Waals surface area contributed by atoms with Crippen LogP contribution in [0.1, 0.15) is 61.5 Å². The number of Topliss-reactive ketones (excluding diaryl/α,β-unsaturated/α-hetero) is 1. The number of ether oxygens (including phenoxy) is 1. The van der Waals surface area contributed by atoms with Crippen molar-refractivity contribution in [3.05, 3.63) is 23.5 Å². The van der Waals surface area contributed by atoms with Gasteiger partial charge in [-0.05, 0) is 63.6 Å². The molecule has 1 spiro atoms. The van der Waals surface area contributed by atoms with E-state index in [9.17, 15) is 9.59 Å². The predicted octanol–water partition coefficient (Wildman–Crippen LogP) is 2.61. The molecule has 0 unspecified atom stereocenters. The van der Waals surface area contributed by atoms with Gasteiger partial charge in [0.15, 0.2) is 5.78 Å². The predicted molar refractivity (Wildman–Crippen MR) is 107 cm³/mol. The molecule has 4 rings (SSSR count). The molecule has 0 N–H and O–H groups in total. The standard InChI is InChI=1S/C22H33N3O3/c1-17(26)18-12-19(23(2)13-18)14-24-9-7-22(8-10-24)6-5-21(27)25(16-22)15-20-4-3-11-28-20/h12-13,20H,3-11,14-16H2,1-2H3/t20-/m1/s1. The molecule has 6 nitrogen and oxygen atoms in total. The van der Waals surface area contributed by atoms with Gasteiger partial charge in [-0.25, -0.2) is 0 Å². The zero-order valence-corrected chi connectivity index (χ0v) is 17.3. The number of amides is 1. The highest BCUT2D eigenvalue weighted by Gasteiger charge is 2.41. The van der Waals surface area contributed by atoms with Crippen molar-refractivity contribution in [2.24, 2.45) is 12.5 Å². The van der Waals surface area contributed by atoms with E-state index < -0.39 is 0 Å². The lowest BCUT2D eigenvalue weighted by Crippen LogP contribution is -2.52. The molecule has 3 saturated heterocycles. The Labute approximate surface area is 167 Å². The molecule has 0 aliphatic carbocycles. The topological polar surface area (TPSA) is 54.8 Å². The Hall–Kier alpha value is -1.66. The number of piperidine rings is 2. The van der Waals surface area contributed by atoms with Crippen molar-refractivity contribution in [1.82, 2.24) is 14.4 Å². The molecule has 1 aromatic rings. The van der Waals surface area contributed by atoms with Crippen LogP contribution in [0, 0.1) is 5.41 Å². The van der Waals surface area contributed by atoms with Gasteiger partial charge in [0.1, 0.15) is 0 Å². The zero-order chi connectivity index (χ0) is 19.7. The Morgan fingerprint density at radius 2 is 2.07 bits per heavy atom. The minimum Gasteiger partial charge on any atom is -0.376 e. The van der Waals surface area contributed by atoms with Crippen molar-refractivity contribution in [2.45, 2.75) is 58.1 Å². The fourth-order valence-electron chi connectivity index (χ4n) is 5.09. The van der Waals surface area contributed by atoms with E-state index in [4.69, 9.17) is 4.74 Å². The van der Waals surface area contributed by atoms with Crippen molar-refractivity contribution < 1.29 is 14.3 Å². The average Bonchev–Trinajstić information content (AvgIpc) is 3.31. The zero-order valence-electron chi connectivity index (χ0n) is 17.3. The minimum absolute atomic E-state index is 0.123. The number of ketones is 1. The monoisotopic (exact) mass is 387 g/mol. The maximum atomic E-state index is 12.4. The molecule has 1 aromatic heterocycles. The molecule has 4 heterocycles. The number of nitrogens with zero attached hydrogens (tertiary/aromatic N) is 3. The highest BCUT2D eigenvalue weighted by molar-refractivity contribution is 5.94. The summed E-state index contributed by atoms with van der Waals surface area (Å²) in [5.41, 5.74) is 2.27. The van der Waals surface area contributed by atoms with E-state index in [0.717, 1.165) is 77.0 Å². The van der Waals surface area contributed by atoms with Crippen LogP contribution in [0.15, 0.2) is 12.3 Å². The number of carbonyl (C=O) groups is 2. The molecule has 0 bridgehead atoms. The van der Waals surface area contributed by atoms with E-state index in [0.29, 0.717) is 12.3 Å². The van der Waals surface area contributed by atoms with Crippen LogP contribution in [0.4, 0.5) is 0 Å². The SMILES string of the molecule is CC(=O)c1cc(CN2CCC3(CCC(=O)N(C[C@H]4CCCO4)C3)CC2)n(C)c1. The molecule has 28 heavy (non-hydrogen) atoms. The number of hydrogen-bond acceptors (Lipinski definition) is 4. The maximum absolute atomic E-state index is 12.4. The van der Waals surface area contributed by atoms with Crippen molar-refractivity contribution in [2.75, 3.05) is 32.8 Å². The van der Waals surface area contributed by atoms with Crippen LogP contribution in [-0.2, 0) is 23.1 Å². The second-order valence-electron chi connectivity index (χ2n) is 9.07. The van der Waals surface area contributed by atoms with Gasteiger partial charge >= 0.3 is 0 Å². The van der Waals surface area contributed by atoms with Crippen LogP contribution >= 0.6 is 0 Å². The van der Waals surface area contributed by atoms with Crippen LogP contribution in [0.5, 0.6) is 0 Å². The van der Waals surface area contributed by atoms with Gasteiger partial charge in [-0.2, -0.15) is 0 Å². The van der Waals surface area contributed by atoms with Crippen molar-refractivity contribution in [1.29, 1.82) is 0 Å². The summed E-state index contributed by atoms with van der Waals surface area (Å²) in [5, 5.41) is 0. The van der Waals surface area contributed by atoms with Gasteiger partial charge in [-0.15, -0.1) is 0 Å². The fraction of sp³-hybridized carbons (Fsp3) is 0.727. The summed E-state index contributed by atoms with van der Waals surface area (Å²) in [6.07, 6.45) is 8.39. The van der Waals surface area contributed by atoms with Gasteiger partial charge in [-0.1, -0.05) is 0 Å². The fourth-order valence-corrected chi connectivity index (χ4v) is 5.09. The summed E-state index contributed by atoms with van der Waals surface area (Å²) in [6.45, 7) is 7.15. The first-order chi connectivity index (χ1) is 13.4. The number of aromatic nitrogens is 1. The first-order valence-electron chi connectivity index (χ1n) is 10.7. The molecule has 1 amide bonds. The number of hydrogen-bond donors (Lipinski definition) is 0. The highest BCUT2D eigenvalue weighted by atomic mass is 16.5.